The third-order valence-corrected chi connectivity index (χ3v) is 5.04. The van der Waals surface area contributed by atoms with E-state index < -0.39 is 48.6 Å². The summed E-state index contributed by atoms with van der Waals surface area (Å²) in [4.78, 5) is 26.1. The molecule has 1 aromatic rings. The van der Waals surface area contributed by atoms with E-state index in [1.807, 2.05) is 0 Å². The number of rotatable bonds is 4. The quantitative estimate of drug-likeness (QED) is 0.281. The van der Waals surface area contributed by atoms with Crippen molar-refractivity contribution in [3.63, 3.8) is 0 Å². The lowest BCUT2D eigenvalue weighted by atomic mass is 9.97. The summed E-state index contributed by atoms with van der Waals surface area (Å²) < 4.78 is 6.26. The lowest BCUT2D eigenvalue weighted by Gasteiger charge is -2.36. The molecule has 1 fully saturated rings. The Labute approximate surface area is 162 Å². The first kappa shape index (κ1) is 19.2. The summed E-state index contributed by atoms with van der Waals surface area (Å²) in [5.74, 6) is -0.501. The molecular weight excluding hydrogens is 457 g/mol. The molecule has 2 heterocycles. The molecule has 0 radical (unpaired) electrons. The fourth-order valence-corrected chi connectivity index (χ4v) is 3.19. The molecule has 26 heavy (non-hydrogen) atoms. The summed E-state index contributed by atoms with van der Waals surface area (Å²) in [5.41, 5.74) is 4.63. The minimum atomic E-state index is -1.75. The first-order valence-corrected chi connectivity index (χ1v) is 8.86. The molecule has 0 saturated carbocycles. The van der Waals surface area contributed by atoms with Crippen molar-refractivity contribution in [1.29, 1.82) is 0 Å². The molecule has 0 aliphatic carbocycles. The molecular formula is C16H18IN3O6. The molecule has 5 atom stereocenters. The normalized spacial score (nSPS) is 34.0. The monoisotopic (exact) mass is 475 g/mol. The van der Waals surface area contributed by atoms with Gasteiger partial charge in [0.15, 0.2) is 11.9 Å². The van der Waals surface area contributed by atoms with Crippen molar-refractivity contribution < 1.29 is 29.6 Å². The van der Waals surface area contributed by atoms with Crippen molar-refractivity contribution in [3.8, 4) is 0 Å². The van der Waals surface area contributed by atoms with Gasteiger partial charge in [0.2, 0.25) is 5.78 Å². The van der Waals surface area contributed by atoms with Gasteiger partial charge in [0.05, 0.1) is 6.61 Å². The van der Waals surface area contributed by atoms with Gasteiger partial charge in [-0.1, -0.05) is 12.1 Å². The maximum Gasteiger partial charge on any atom is 0.325 e. The summed E-state index contributed by atoms with van der Waals surface area (Å²) >= 11 is 2.10. The minimum Gasteiger partial charge on any atom is -0.394 e. The number of aliphatic hydroxyl groups is 3. The topological polar surface area (TPSA) is 145 Å². The highest BCUT2D eigenvalue weighted by molar-refractivity contribution is 14.1. The first-order chi connectivity index (χ1) is 12.3. The lowest BCUT2D eigenvalue weighted by Crippen LogP contribution is -2.66. The van der Waals surface area contributed by atoms with E-state index >= 15 is 0 Å². The Bertz CT molecular complexity index is 742. The summed E-state index contributed by atoms with van der Waals surface area (Å²) in [7, 11) is 0. The Morgan fingerprint density at radius 2 is 1.96 bits per heavy atom. The van der Waals surface area contributed by atoms with Crippen LogP contribution in [0.4, 0.5) is 4.79 Å². The Balaban J connectivity index is 1.81. The zero-order chi connectivity index (χ0) is 19.1. The predicted molar refractivity (Wildman–Crippen MR) is 97.7 cm³/mol. The number of hydrogen-bond acceptors (Lipinski definition) is 7. The van der Waals surface area contributed by atoms with Gasteiger partial charge in [0.1, 0.15) is 18.3 Å². The zero-order valence-corrected chi connectivity index (χ0v) is 15.6. The maximum atomic E-state index is 12.7. The van der Waals surface area contributed by atoms with Crippen molar-refractivity contribution in [2.24, 2.45) is 5.73 Å². The third-order valence-electron chi connectivity index (χ3n) is 4.32. The highest BCUT2D eigenvalue weighted by Crippen LogP contribution is 2.27. The van der Waals surface area contributed by atoms with Gasteiger partial charge in [-0.3, -0.25) is 15.4 Å². The van der Waals surface area contributed by atoms with Gasteiger partial charge in [-0.2, -0.15) is 0 Å². The van der Waals surface area contributed by atoms with Gasteiger partial charge in [-0.15, -0.1) is 0 Å². The van der Waals surface area contributed by atoms with Gasteiger partial charge in [-0.25, -0.2) is 4.79 Å². The standard InChI is InChI=1S/C16H18IN3O6/c17-9-3-1-8(2-4-9)13(24)16(18)5-6-20(15(25)19-16)14-12(23)11(22)10(7-21)26-14/h1-6,10-12,14,21-23H,7,18H2,(H,19,25)/t10-,11-,12-,14-,16?/m1/s1. The lowest BCUT2D eigenvalue weighted by molar-refractivity contribution is -0.0666. The number of nitrogens with one attached hydrogen (secondary N) is 1. The van der Waals surface area contributed by atoms with E-state index in [2.05, 4.69) is 27.9 Å². The van der Waals surface area contributed by atoms with Gasteiger partial charge < -0.3 is 25.4 Å². The molecule has 1 saturated heterocycles. The average molecular weight is 475 g/mol. The van der Waals surface area contributed by atoms with Gasteiger partial charge >= 0.3 is 6.03 Å². The number of aliphatic hydroxyl groups excluding tert-OH is 3. The molecule has 1 aromatic carbocycles. The van der Waals surface area contributed by atoms with E-state index in [9.17, 15) is 19.8 Å². The number of benzene rings is 1. The van der Waals surface area contributed by atoms with Crippen molar-refractivity contribution in [2.75, 3.05) is 6.61 Å². The number of carbonyl (C=O) groups is 2. The fourth-order valence-electron chi connectivity index (χ4n) is 2.83. The first-order valence-electron chi connectivity index (χ1n) is 7.78. The van der Waals surface area contributed by atoms with Gasteiger partial charge in [0, 0.05) is 15.3 Å². The second kappa shape index (κ2) is 7.21. The van der Waals surface area contributed by atoms with Crippen molar-refractivity contribution in [1.82, 2.24) is 10.2 Å². The van der Waals surface area contributed by atoms with E-state index in [0.717, 1.165) is 8.47 Å². The number of halogens is 1. The molecule has 2 amide bonds. The Kier molecular flexibility index (Phi) is 5.33. The molecule has 9 nitrogen and oxygen atoms in total. The number of carbonyl (C=O) groups excluding carboxylic acids is 2. The second-order valence-electron chi connectivity index (χ2n) is 6.09. The number of urea groups is 1. The summed E-state index contributed by atoms with van der Waals surface area (Å²) in [6.07, 6.45) is -2.48. The third kappa shape index (κ3) is 3.35. The van der Waals surface area contributed by atoms with E-state index in [-0.39, 0.29) is 0 Å². The van der Waals surface area contributed by atoms with Crippen LogP contribution in [0.25, 0.3) is 0 Å². The SMILES string of the molecule is NC1(C(=O)c2ccc(I)cc2)C=CN([C@@H]2O[C@H](CO)[C@@H](O)[C@H]2O)C(=O)N1. The molecule has 6 N–H and O–H groups in total. The molecule has 1 unspecified atom stereocenters. The summed E-state index contributed by atoms with van der Waals surface area (Å²) in [5, 5.41) is 31.4. The van der Waals surface area contributed by atoms with Gasteiger partial charge in [-0.05, 0) is 40.8 Å². The minimum absolute atomic E-state index is 0.333. The summed E-state index contributed by atoms with van der Waals surface area (Å²) in [6, 6.07) is 5.94. The molecule has 0 bridgehead atoms. The molecule has 2 aliphatic rings. The Morgan fingerprint density at radius 3 is 2.50 bits per heavy atom. The summed E-state index contributed by atoms with van der Waals surface area (Å²) in [6.45, 7) is -0.514. The van der Waals surface area contributed by atoms with Crippen LogP contribution in [-0.2, 0) is 4.74 Å². The van der Waals surface area contributed by atoms with Crippen molar-refractivity contribution >= 4 is 34.4 Å². The van der Waals surface area contributed by atoms with Crippen molar-refractivity contribution in [2.45, 2.75) is 30.2 Å². The number of nitrogens with two attached hydrogens (primary N) is 1. The second-order valence-corrected chi connectivity index (χ2v) is 7.33. The largest absolute Gasteiger partial charge is 0.394 e. The van der Waals surface area contributed by atoms with Crippen LogP contribution in [0.3, 0.4) is 0 Å². The highest BCUT2D eigenvalue weighted by atomic mass is 127. The van der Waals surface area contributed by atoms with E-state index in [1.165, 1.54) is 12.3 Å². The van der Waals surface area contributed by atoms with Crippen LogP contribution in [0.2, 0.25) is 0 Å². The number of ether oxygens (including phenoxy) is 1. The van der Waals surface area contributed by atoms with Crippen LogP contribution < -0.4 is 11.1 Å². The highest BCUT2D eigenvalue weighted by Gasteiger charge is 2.48. The zero-order valence-electron chi connectivity index (χ0n) is 13.4. The number of nitrogens with zero attached hydrogens (tertiary/aromatic N) is 1. The average Bonchev–Trinajstić information content (AvgIpc) is 2.90. The van der Waals surface area contributed by atoms with E-state index in [4.69, 9.17) is 15.6 Å². The van der Waals surface area contributed by atoms with Crippen LogP contribution >= 0.6 is 22.6 Å². The van der Waals surface area contributed by atoms with Crippen LogP contribution in [0.5, 0.6) is 0 Å². The Hall–Kier alpha value is -1.57. The maximum absolute atomic E-state index is 12.7. The Morgan fingerprint density at radius 1 is 1.31 bits per heavy atom. The molecule has 140 valence electrons. The fraction of sp³-hybridized carbons (Fsp3) is 0.375. The molecule has 0 spiro atoms. The van der Waals surface area contributed by atoms with Crippen molar-refractivity contribution in [3.05, 3.63) is 45.7 Å². The molecule has 10 heteroatoms. The van der Waals surface area contributed by atoms with Crippen LogP contribution in [0, 0.1) is 3.57 Å². The van der Waals surface area contributed by atoms with E-state index in [0.29, 0.717) is 5.56 Å². The number of ketones is 1. The number of hydrogen-bond donors (Lipinski definition) is 5. The molecule has 0 aromatic heterocycles. The van der Waals surface area contributed by atoms with Crippen LogP contribution in [0.1, 0.15) is 10.4 Å². The van der Waals surface area contributed by atoms with E-state index in [1.54, 1.807) is 24.3 Å². The molecule has 3 rings (SSSR count). The number of amides is 2. The molecule has 2 aliphatic heterocycles. The van der Waals surface area contributed by atoms with Crippen LogP contribution in [0.15, 0.2) is 36.5 Å². The predicted octanol–water partition coefficient (Wildman–Crippen LogP) is -0.893. The van der Waals surface area contributed by atoms with Gasteiger partial charge in [0.25, 0.3) is 0 Å². The van der Waals surface area contributed by atoms with Crippen LogP contribution in [-0.4, -0.2) is 68.8 Å². The smallest absolute Gasteiger partial charge is 0.325 e. The number of Topliss-reactive ketones (excluding diaryl/α,β-unsaturated/α-hetero) is 1.